The Kier molecular flexibility index (Phi) is 6.91. The normalized spacial score (nSPS) is 35.1. The van der Waals surface area contributed by atoms with Gasteiger partial charge in [-0.3, -0.25) is 29.2 Å². The molecule has 0 spiro atoms. The van der Waals surface area contributed by atoms with E-state index in [0.29, 0.717) is 30.1 Å². The van der Waals surface area contributed by atoms with E-state index in [2.05, 4.69) is 40.4 Å². The number of aliphatic carboxylic acids is 2. The van der Waals surface area contributed by atoms with E-state index in [1.165, 1.54) is 0 Å². The third kappa shape index (κ3) is 4.77. The van der Waals surface area contributed by atoms with Crippen molar-refractivity contribution in [1.29, 1.82) is 0 Å². The average molecular weight is 437 g/mol. The van der Waals surface area contributed by atoms with E-state index in [1.807, 2.05) is 0 Å². The maximum Gasteiger partial charge on any atom is 0.320 e. The third-order valence-electron chi connectivity index (χ3n) is 8.44. The molecule has 0 bridgehead atoms. The molecule has 31 heavy (non-hydrogen) atoms. The Balaban J connectivity index is 1.26. The molecule has 0 radical (unpaired) electrons. The molecule has 0 amide bonds. The SMILES string of the molecule is CC(C)N1CC(N2CCC(CC(C)N3CCC(N4CCC4C(=O)O)C3)CC2C(=O)O)C1. The van der Waals surface area contributed by atoms with E-state index >= 15 is 0 Å². The van der Waals surface area contributed by atoms with E-state index in [0.717, 1.165) is 71.4 Å². The second-order valence-electron chi connectivity index (χ2n) is 10.6. The summed E-state index contributed by atoms with van der Waals surface area (Å²) in [5.41, 5.74) is 0. The Morgan fingerprint density at radius 1 is 0.806 bits per heavy atom. The molecule has 0 aromatic rings. The molecule has 4 rings (SSSR count). The minimum atomic E-state index is -0.688. The molecule has 4 saturated heterocycles. The van der Waals surface area contributed by atoms with Crippen LogP contribution >= 0.6 is 0 Å². The second kappa shape index (κ2) is 9.33. The smallest absolute Gasteiger partial charge is 0.320 e. The molecule has 8 heteroatoms. The average Bonchev–Trinajstić information content (AvgIpc) is 3.09. The zero-order chi connectivity index (χ0) is 22.3. The van der Waals surface area contributed by atoms with Gasteiger partial charge in [-0.1, -0.05) is 0 Å². The molecule has 4 heterocycles. The van der Waals surface area contributed by atoms with Crippen LogP contribution in [0.15, 0.2) is 0 Å². The van der Waals surface area contributed by atoms with Crippen LogP contribution in [0.2, 0.25) is 0 Å². The first-order valence-corrected chi connectivity index (χ1v) is 12.2. The van der Waals surface area contributed by atoms with Crippen LogP contribution in [-0.4, -0.2) is 117 Å². The van der Waals surface area contributed by atoms with Crippen LogP contribution in [0, 0.1) is 5.92 Å². The highest BCUT2D eigenvalue weighted by Crippen LogP contribution is 2.33. The number of likely N-dealkylation sites (tertiary alicyclic amines) is 4. The van der Waals surface area contributed by atoms with Crippen molar-refractivity contribution in [3.8, 4) is 0 Å². The topological polar surface area (TPSA) is 87.6 Å². The van der Waals surface area contributed by atoms with Crippen molar-refractivity contribution in [2.75, 3.05) is 39.3 Å². The fourth-order valence-electron chi connectivity index (χ4n) is 6.25. The maximum absolute atomic E-state index is 12.0. The predicted octanol–water partition coefficient (Wildman–Crippen LogP) is 1.26. The minimum absolute atomic E-state index is 0.293. The highest BCUT2D eigenvalue weighted by Gasteiger charge is 2.44. The third-order valence-corrected chi connectivity index (χ3v) is 8.44. The van der Waals surface area contributed by atoms with Gasteiger partial charge in [0.1, 0.15) is 12.1 Å². The molecule has 5 atom stereocenters. The number of carboxylic acids is 2. The number of hydrogen-bond donors (Lipinski definition) is 2. The zero-order valence-corrected chi connectivity index (χ0v) is 19.3. The monoisotopic (exact) mass is 436 g/mol. The minimum Gasteiger partial charge on any atom is -0.480 e. The largest absolute Gasteiger partial charge is 0.480 e. The van der Waals surface area contributed by atoms with Gasteiger partial charge in [0.2, 0.25) is 0 Å². The van der Waals surface area contributed by atoms with Crippen molar-refractivity contribution in [3.63, 3.8) is 0 Å². The molecule has 4 aliphatic rings. The van der Waals surface area contributed by atoms with Gasteiger partial charge in [-0.15, -0.1) is 0 Å². The van der Waals surface area contributed by atoms with Gasteiger partial charge in [-0.05, 0) is 65.3 Å². The number of carboxylic acid groups (broad SMARTS) is 2. The Morgan fingerprint density at radius 2 is 1.42 bits per heavy atom. The molecule has 4 fully saturated rings. The van der Waals surface area contributed by atoms with Crippen molar-refractivity contribution in [3.05, 3.63) is 0 Å². The summed E-state index contributed by atoms with van der Waals surface area (Å²) in [5.74, 6) is -0.908. The summed E-state index contributed by atoms with van der Waals surface area (Å²) < 4.78 is 0. The van der Waals surface area contributed by atoms with Crippen LogP contribution in [0.3, 0.4) is 0 Å². The van der Waals surface area contributed by atoms with Crippen molar-refractivity contribution in [2.45, 2.75) is 89.1 Å². The number of piperidine rings is 1. The Labute approximate surface area is 186 Å². The van der Waals surface area contributed by atoms with Crippen molar-refractivity contribution >= 4 is 11.9 Å². The summed E-state index contributed by atoms with van der Waals surface area (Å²) in [4.78, 5) is 32.7. The van der Waals surface area contributed by atoms with Gasteiger partial charge in [0.15, 0.2) is 0 Å². The lowest BCUT2D eigenvalue weighted by Gasteiger charge is -2.51. The predicted molar refractivity (Wildman–Crippen MR) is 118 cm³/mol. The lowest BCUT2D eigenvalue weighted by Crippen LogP contribution is -2.65. The van der Waals surface area contributed by atoms with Crippen LogP contribution in [0.5, 0.6) is 0 Å². The molecule has 8 nitrogen and oxygen atoms in total. The number of hydrogen-bond acceptors (Lipinski definition) is 6. The Hall–Kier alpha value is -1.22. The summed E-state index contributed by atoms with van der Waals surface area (Å²) >= 11 is 0. The van der Waals surface area contributed by atoms with Gasteiger partial charge in [-0.25, -0.2) is 0 Å². The highest BCUT2D eigenvalue weighted by atomic mass is 16.4. The Morgan fingerprint density at radius 3 is 2.00 bits per heavy atom. The molecule has 0 aliphatic carbocycles. The van der Waals surface area contributed by atoms with Gasteiger partial charge < -0.3 is 10.2 Å². The van der Waals surface area contributed by atoms with Crippen LogP contribution in [-0.2, 0) is 9.59 Å². The maximum atomic E-state index is 12.0. The van der Waals surface area contributed by atoms with E-state index in [9.17, 15) is 19.8 Å². The van der Waals surface area contributed by atoms with Crippen molar-refractivity contribution in [1.82, 2.24) is 19.6 Å². The molecule has 176 valence electrons. The molecule has 0 saturated carbocycles. The molecular weight excluding hydrogens is 396 g/mol. The molecule has 0 aromatic carbocycles. The number of carbonyl (C=O) groups is 2. The number of nitrogens with zero attached hydrogens (tertiary/aromatic N) is 4. The van der Waals surface area contributed by atoms with Gasteiger partial charge in [0, 0.05) is 56.9 Å². The van der Waals surface area contributed by atoms with Gasteiger partial charge in [0.25, 0.3) is 0 Å². The fraction of sp³-hybridized carbons (Fsp3) is 0.913. The summed E-state index contributed by atoms with van der Waals surface area (Å²) in [6, 6.07) is 1.05. The molecule has 5 unspecified atom stereocenters. The first-order chi connectivity index (χ1) is 14.7. The molecule has 4 aliphatic heterocycles. The standard InChI is InChI=1S/C23H40N4O4/c1-15(2)25-13-19(14-25)27-8-4-17(11-21(27)23(30)31)10-16(3)24-7-5-18(12-24)26-9-6-20(26)22(28)29/h15-21H,4-14H2,1-3H3,(H,28,29)(H,30,31). The second-order valence-corrected chi connectivity index (χ2v) is 10.6. The van der Waals surface area contributed by atoms with Gasteiger partial charge in [0.05, 0.1) is 0 Å². The van der Waals surface area contributed by atoms with Crippen LogP contribution in [0.1, 0.15) is 52.9 Å². The summed E-state index contributed by atoms with van der Waals surface area (Å²) in [7, 11) is 0. The molecular formula is C23H40N4O4. The highest BCUT2D eigenvalue weighted by molar-refractivity contribution is 5.74. The molecule has 0 aromatic heterocycles. The quantitative estimate of drug-likeness (QED) is 0.588. The lowest BCUT2D eigenvalue weighted by molar-refractivity contribution is -0.151. The Bertz CT molecular complexity index is 668. The zero-order valence-electron chi connectivity index (χ0n) is 19.3. The van der Waals surface area contributed by atoms with Crippen molar-refractivity contribution in [2.24, 2.45) is 5.92 Å². The summed E-state index contributed by atoms with van der Waals surface area (Å²) in [6.45, 7) is 12.4. The van der Waals surface area contributed by atoms with Gasteiger partial charge in [-0.2, -0.15) is 0 Å². The van der Waals surface area contributed by atoms with E-state index in [-0.39, 0.29) is 12.1 Å². The van der Waals surface area contributed by atoms with E-state index < -0.39 is 11.9 Å². The van der Waals surface area contributed by atoms with Crippen LogP contribution in [0.4, 0.5) is 0 Å². The van der Waals surface area contributed by atoms with E-state index in [1.54, 1.807) is 0 Å². The first kappa shape index (κ1) is 23.0. The van der Waals surface area contributed by atoms with Crippen LogP contribution in [0.25, 0.3) is 0 Å². The fourth-order valence-corrected chi connectivity index (χ4v) is 6.25. The van der Waals surface area contributed by atoms with Crippen molar-refractivity contribution < 1.29 is 19.8 Å². The first-order valence-electron chi connectivity index (χ1n) is 12.2. The lowest BCUT2D eigenvalue weighted by atomic mass is 9.84. The number of rotatable bonds is 8. The van der Waals surface area contributed by atoms with Crippen LogP contribution < -0.4 is 0 Å². The van der Waals surface area contributed by atoms with E-state index in [4.69, 9.17) is 0 Å². The summed E-state index contributed by atoms with van der Waals surface area (Å²) in [6.07, 6.45) is 4.68. The summed E-state index contributed by atoms with van der Waals surface area (Å²) in [5, 5.41) is 19.2. The molecule has 2 N–H and O–H groups in total. The van der Waals surface area contributed by atoms with Gasteiger partial charge >= 0.3 is 11.9 Å².